The molecule has 0 fully saturated rings. The Morgan fingerprint density at radius 2 is 0.271 bits per heavy atom. The van der Waals surface area contributed by atoms with Gasteiger partial charge in [-0.3, -0.25) is 0 Å². The quantitative estimate of drug-likeness (QED) is 0.0630. The summed E-state index contributed by atoms with van der Waals surface area (Å²) in [6, 6.07) is 0. The Bertz CT molecular complexity index is 450. The average Bonchev–Trinajstić information content (AvgIpc) is 3.10. The second-order valence-corrected chi connectivity index (χ2v) is 15.6. The molecule has 0 atom stereocenters. The maximum absolute atomic E-state index is 8.75. The zero-order valence-corrected chi connectivity index (χ0v) is 34.0. The molecule has 0 rings (SSSR count). The van der Waals surface area contributed by atoms with E-state index in [9.17, 15) is 0 Å². The normalized spacial score (nSPS) is 11.2. The van der Waals surface area contributed by atoms with Gasteiger partial charge in [-0.15, -0.1) is 0 Å². The van der Waals surface area contributed by atoms with Crippen LogP contribution in [-0.2, 0) is 0 Å². The van der Waals surface area contributed by atoms with Gasteiger partial charge in [0.25, 0.3) is 0 Å². The highest BCUT2D eigenvalue weighted by molar-refractivity contribution is 4.53. The van der Waals surface area contributed by atoms with Crippen LogP contribution < -0.4 is 0 Å². The van der Waals surface area contributed by atoms with Gasteiger partial charge in [0.2, 0.25) is 0 Å². The van der Waals surface area contributed by atoms with E-state index in [0.717, 1.165) is 12.8 Å². The molecule has 0 aromatic carbocycles. The molecule has 0 aliphatic heterocycles. The lowest BCUT2D eigenvalue weighted by molar-refractivity contribution is 0.282. The molecule has 0 saturated carbocycles. The molecule has 2 N–H and O–H groups in total. The van der Waals surface area contributed by atoms with E-state index >= 15 is 0 Å². The Kier molecular flexibility index (Phi) is 53.5. The molecule has 0 saturated heterocycles. The van der Waals surface area contributed by atoms with Crippen LogP contribution in [-0.4, -0.2) is 23.4 Å². The summed E-state index contributed by atoms with van der Waals surface area (Å²) in [4.78, 5) is 0. The zero-order chi connectivity index (χ0) is 35.1. The van der Waals surface area contributed by atoms with Gasteiger partial charge >= 0.3 is 0 Å². The summed E-state index contributed by atoms with van der Waals surface area (Å²) in [7, 11) is 0. The molecule has 292 valence electrons. The third-order valence-corrected chi connectivity index (χ3v) is 10.5. The fourth-order valence-corrected chi connectivity index (χ4v) is 7.09. The van der Waals surface area contributed by atoms with Crippen LogP contribution in [0, 0.1) is 0 Å². The molecule has 0 spiro atoms. The second kappa shape index (κ2) is 51.3. The molecule has 0 radical (unpaired) electrons. The highest BCUT2D eigenvalue weighted by Gasteiger charge is 1.97. The summed E-state index contributed by atoms with van der Waals surface area (Å²) >= 11 is 0. The predicted octanol–water partition coefficient (Wildman–Crippen LogP) is 16.4. The van der Waals surface area contributed by atoms with Gasteiger partial charge in [-0.05, 0) is 12.8 Å². The first kappa shape index (κ1) is 50.0. The topological polar surface area (TPSA) is 40.5 Å². The van der Waals surface area contributed by atoms with E-state index in [4.69, 9.17) is 10.2 Å². The maximum Gasteiger partial charge on any atom is 0.0431 e. The molecule has 0 heterocycles. The summed E-state index contributed by atoms with van der Waals surface area (Å²) in [5.41, 5.74) is 0. The monoisotopic (exact) mass is 681 g/mol. The number of rotatable bonds is 42. The molecule has 0 amide bonds. The SMILES string of the molecule is CCCCCCCCCCCCCCCCCCCCCCCCCCCCO.CCCCCCCCCCCCCCCCCCO. The summed E-state index contributed by atoms with van der Waals surface area (Å²) in [5.74, 6) is 0. The van der Waals surface area contributed by atoms with Crippen molar-refractivity contribution in [1.82, 2.24) is 0 Å². The van der Waals surface area contributed by atoms with Crippen LogP contribution in [0.3, 0.4) is 0 Å². The fraction of sp³-hybridized carbons (Fsp3) is 1.00. The lowest BCUT2D eigenvalue weighted by Gasteiger charge is -2.04. The Morgan fingerprint density at radius 1 is 0.167 bits per heavy atom. The first-order valence-electron chi connectivity index (χ1n) is 23.0. The van der Waals surface area contributed by atoms with Gasteiger partial charge in [-0.25, -0.2) is 0 Å². The summed E-state index contributed by atoms with van der Waals surface area (Å²) in [6.45, 7) is 5.33. The highest BCUT2D eigenvalue weighted by Crippen LogP contribution is 2.17. The number of aliphatic hydroxyl groups excluding tert-OH is 2. The minimum absolute atomic E-state index is 0.373. The van der Waals surface area contributed by atoms with Crippen LogP contribution in [0.15, 0.2) is 0 Å². The van der Waals surface area contributed by atoms with E-state index in [0.29, 0.717) is 13.2 Å². The number of hydrogen-bond acceptors (Lipinski definition) is 2. The van der Waals surface area contributed by atoms with Crippen molar-refractivity contribution in [1.29, 1.82) is 0 Å². The summed E-state index contributed by atoms with van der Waals surface area (Å²) < 4.78 is 0. The molecular formula is C46H96O2. The van der Waals surface area contributed by atoms with Crippen LogP contribution in [0.2, 0.25) is 0 Å². The van der Waals surface area contributed by atoms with Crippen molar-refractivity contribution in [3.05, 3.63) is 0 Å². The van der Waals surface area contributed by atoms with E-state index in [1.165, 1.54) is 257 Å². The van der Waals surface area contributed by atoms with E-state index in [1.807, 2.05) is 0 Å². The van der Waals surface area contributed by atoms with Gasteiger partial charge in [0, 0.05) is 13.2 Å². The van der Waals surface area contributed by atoms with Crippen molar-refractivity contribution in [2.75, 3.05) is 13.2 Å². The first-order valence-corrected chi connectivity index (χ1v) is 23.0. The number of hydrogen-bond donors (Lipinski definition) is 2. The van der Waals surface area contributed by atoms with Crippen LogP contribution in [0.1, 0.15) is 284 Å². The van der Waals surface area contributed by atoms with Crippen molar-refractivity contribution >= 4 is 0 Å². The minimum atomic E-state index is 0.373. The lowest BCUT2D eigenvalue weighted by atomic mass is 10.0. The first-order chi connectivity index (χ1) is 23.8. The standard InChI is InChI=1S/C28H58O.C18H38O/c1-2-3-4-5-6-7-8-9-10-11-12-13-14-15-16-17-18-19-20-21-22-23-24-25-26-27-28-29;1-2-3-4-5-6-7-8-9-10-11-12-13-14-15-16-17-18-19/h29H,2-28H2,1H3;19H,2-18H2,1H3. The molecular weight excluding hydrogens is 585 g/mol. The van der Waals surface area contributed by atoms with Crippen molar-refractivity contribution < 1.29 is 10.2 Å². The Labute approximate surface area is 306 Å². The Balaban J connectivity index is 0. The summed E-state index contributed by atoms with van der Waals surface area (Å²) in [6.07, 6.45) is 59.2. The zero-order valence-electron chi connectivity index (χ0n) is 34.0. The van der Waals surface area contributed by atoms with Gasteiger partial charge in [0.05, 0.1) is 0 Å². The third kappa shape index (κ3) is 52.7. The molecule has 2 nitrogen and oxygen atoms in total. The van der Waals surface area contributed by atoms with Crippen molar-refractivity contribution in [2.45, 2.75) is 284 Å². The number of unbranched alkanes of at least 4 members (excludes halogenated alkanes) is 40. The largest absolute Gasteiger partial charge is 0.396 e. The molecule has 0 bridgehead atoms. The van der Waals surface area contributed by atoms with Gasteiger partial charge < -0.3 is 10.2 Å². The Morgan fingerprint density at radius 3 is 0.375 bits per heavy atom. The van der Waals surface area contributed by atoms with Gasteiger partial charge in [0.15, 0.2) is 0 Å². The molecule has 0 aromatic heterocycles. The van der Waals surface area contributed by atoms with Crippen molar-refractivity contribution in [2.24, 2.45) is 0 Å². The van der Waals surface area contributed by atoms with Gasteiger partial charge in [-0.2, -0.15) is 0 Å². The van der Waals surface area contributed by atoms with E-state index in [2.05, 4.69) is 13.8 Å². The maximum atomic E-state index is 8.75. The Hall–Kier alpha value is -0.0800. The van der Waals surface area contributed by atoms with Crippen LogP contribution in [0.25, 0.3) is 0 Å². The molecule has 0 aromatic rings. The van der Waals surface area contributed by atoms with Gasteiger partial charge in [-0.1, -0.05) is 271 Å². The molecule has 0 aliphatic rings. The molecule has 2 heteroatoms. The number of aliphatic hydroxyl groups is 2. The van der Waals surface area contributed by atoms with E-state index in [-0.39, 0.29) is 0 Å². The van der Waals surface area contributed by atoms with Crippen LogP contribution >= 0.6 is 0 Å². The van der Waals surface area contributed by atoms with E-state index < -0.39 is 0 Å². The highest BCUT2D eigenvalue weighted by atomic mass is 16.3. The van der Waals surface area contributed by atoms with Crippen LogP contribution in [0.4, 0.5) is 0 Å². The summed E-state index contributed by atoms with van der Waals surface area (Å²) in [5, 5.41) is 17.4. The van der Waals surface area contributed by atoms with Crippen LogP contribution in [0.5, 0.6) is 0 Å². The average molecular weight is 681 g/mol. The van der Waals surface area contributed by atoms with Gasteiger partial charge in [0.1, 0.15) is 0 Å². The second-order valence-electron chi connectivity index (χ2n) is 15.6. The van der Waals surface area contributed by atoms with E-state index in [1.54, 1.807) is 0 Å². The molecule has 48 heavy (non-hydrogen) atoms. The minimum Gasteiger partial charge on any atom is -0.396 e. The van der Waals surface area contributed by atoms with Crippen molar-refractivity contribution in [3.63, 3.8) is 0 Å². The fourth-order valence-electron chi connectivity index (χ4n) is 7.09. The molecule has 0 unspecified atom stereocenters. The smallest absolute Gasteiger partial charge is 0.0431 e. The van der Waals surface area contributed by atoms with Crippen molar-refractivity contribution in [3.8, 4) is 0 Å². The molecule has 0 aliphatic carbocycles. The lowest BCUT2D eigenvalue weighted by Crippen LogP contribution is -1.85. The third-order valence-electron chi connectivity index (χ3n) is 10.5. The predicted molar refractivity (Wildman–Crippen MR) is 219 cm³/mol.